The Kier molecular flexibility index (Phi) is 7.04. The van der Waals surface area contributed by atoms with Crippen LogP contribution in [-0.4, -0.2) is 52.1 Å². The van der Waals surface area contributed by atoms with E-state index in [0.29, 0.717) is 30.8 Å². The number of hydrogen-bond donors (Lipinski definition) is 1. The van der Waals surface area contributed by atoms with Crippen LogP contribution in [-0.2, 0) is 34.3 Å². The fraction of sp³-hybridized carbons (Fsp3) is 0.320. The molecule has 4 aromatic rings. The van der Waals surface area contributed by atoms with Gasteiger partial charge in [0.05, 0.1) is 28.2 Å². The van der Waals surface area contributed by atoms with Crippen LogP contribution in [0.4, 0.5) is 5.82 Å². The number of benzene rings is 2. The summed E-state index contributed by atoms with van der Waals surface area (Å²) in [4.78, 5) is 17.7. The van der Waals surface area contributed by atoms with Crippen molar-refractivity contribution in [2.75, 3.05) is 19.4 Å². The number of aromatic nitrogens is 4. The number of aryl methyl sites for hydroxylation is 3. The number of amides is 1. The maximum Gasteiger partial charge on any atom is 0.242 e. The van der Waals surface area contributed by atoms with Gasteiger partial charge < -0.3 is 9.88 Å². The number of nitrogens with one attached hydrogen (secondary N) is 1. The van der Waals surface area contributed by atoms with Crippen molar-refractivity contribution >= 4 is 32.8 Å². The first-order valence-electron chi connectivity index (χ1n) is 11.5. The predicted octanol–water partition coefficient (Wildman–Crippen LogP) is 3.43. The Morgan fingerprint density at radius 1 is 1.09 bits per heavy atom. The molecule has 0 spiro atoms. The molecule has 0 bridgehead atoms. The zero-order valence-corrected chi connectivity index (χ0v) is 21.2. The fourth-order valence-corrected chi connectivity index (χ4v) is 4.95. The van der Waals surface area contributed by atoms with Gasteiger partial charge >= 0.3 is 0 Å². The average molecular weight is 495 g/mol. The second-order valence-corrected chi connectivity index (χ2v) is 10.7. The van der Waals surface area contributed by atoms with E-state index in [0.717, 1.165) is 22.6 Å². The third kappa shape index (κ3) is 5.28. The minimum absolute atomic E-state index is 0.134. The van der Waals surface area contributed by atoms with Crippen LogP contribution in [0.25, 0.3) is 11.0 Å². The summed E-state index contributed by atoms with van der Waals surface area (Å²) in [5.41, 5.74) is 3.37. The van der Waals surface area contributed by atoms with Gasteiger partial charge in [0.1, 0.15) is 11.6 Å². The van der Waals surface area contributed by atoms with E-state index in [1.807, 2.05) is 54.8 Å². The van der Waals surface area contributed by atoms with E-state index in [2.05, 4.69) is 15.4 Å². The number of sulfonamides is 1. The van der Waals surface area contributed by atoms with E-state index in [-0.39, 0.29) is 17.2 Å². The molecule has 184 valence electrons. The molecule has 2 aromatic heterocycles. The molecular formula is C25H30N6O3S. The Morgan fingerprint density at radius 2 is 1.83 bits per heavy atom. The lowest BCUT2D eigenvalue weighted by atomic mass is 10.2. The number of nitrogens with zero attached hydrogens (tertiary/aromatic N) is 5. The van der Waals surface area contributed by atoms with Crippen LogP contribution in [0.15, 0.2) is 59.5 Å². The lowest BCUT2D eigenvalue weighted by Gasteiger charge is -2.11. The topological polar surface area (TPSA) is 102 Å². The van der Waals surface area contributed by atoms with Gasteiger partial charge in [0.2, 0.25) is 15.9 Å². The summed E-state index contributed by atoms with van der Waals surface area (Å²) < 4.78 is 30.0. The molecule has 0 atom stereocenters. The van der Waals surface area contributed by atoms with E-state index >= 15 is 0 Å². The number of carbonyl (C=O) groups excluding carboxylic acids is 1. The molecule has 0 radical (unpaired) electrons. The minimum Gasteiger partial charge on any atom is -0.328 e. The molecule has 0 saturated heterocycles. The van der Waals surface area contributed by atoms with Crippen molar-refractivity contribution < 1.29 is 13.2 Å². The molecule has 9 nitrogen and oxygen atoms in total. The number of carbonyl (C=O) groups is 1. The van der Waals surface area contributed by atoms with Gasteiger partial charge in [-0.15, -0.1) is 0 Å². The minimum atomic E-state index is -3.55. The van der Waals surface area contributed by atoms with Crippen LogP contribution in [0.1, 0.15) is 30.4 Å². The van der Waals surface area contributed by atoms with Crippen molar-refractivity contribution in [1.82, 2.24) is 23.6 Å². The zero-order valence-electron chi connectivity index (χ0n) is 20.4. The van der Waals surface area contributed by atoms with Crippen molar-refractivity contribution in [3.63, 3.8) is 0 Å². The fourth-order valence-electron chi connectivity index (χ4n) is 4.03. The van der Waals surface area contributed by atoms with Gasteiger partial charge in [-0.25, -0.2) is 22.4 Å². The number of imidazole rings is 1. The van der Waals surface area contributed by atoms with Crippen molar-refractivity contribution in [2.45, 2.75) is 44.7 Å². The Balaban J connectivity index is 1.49. The van der Waals surface area contributed by atoms with Crippen LogP contribution >= 0.6 is 0 Å². The standard InChI is InChI=1S/C25H30N6O3S/c1-5-30-22-12-11-20(35(33,34)29(3)4)16-21(22)26-23(30)13-14-25(32)27-24-15-18(2)28-31(24)17-19-9-7-6-8-10-19/h6-12,15-16H,5,13-14,17H2,1-4H3,(H,27,32). The first-order chi connectivity index (χ1) is 16.7. The normalized spacial score (nSPS) is 11.9. The second kappa shape index (κ2) is 10.0. The molecule has 35 heavy (non-hydrogen) atoms. The van der Waals surface area contributed by atoms with Gasteiger partial charge in [0.15, 0.2) is 0 Å². The van der Waals surface area contributed by atoms with E-state index in [4.69, 9.17) is 0 Å². The molecule has 1 amide bonds. The zero-order chi connectivity index (χ0) is 25.2. The molecule has 0 aliphatic carbocycles. The highest BCUT2D eigenvalue weighted by atomic mass is 32.2. The Hall–Kier alpha value is -3.50. The second-order valence-electron chi connectivity index (χ2n) is 8.57. The molecular weight excluding hydrogens is 464 g/mol. The molecule has 2 heterocycles. The van der Waals surface area contributed by atoms with Crippen molar-refractivity contribution in [1.29, 1.82) is 0 Å². The molecule has 0 unspecified atom stereocenters. The first kappa shape index (κ1) is 24.6. The van der Waals surface area contributed by atoms with Gasteiger partial charge in [-0.1, -0.05) is 30.3 Å². The monoisotopic (exact) mass is 494 g/mol. The number of hydrogen-bond acceptors (Lipinski definition) is 5. The van der Waals surface area contributed by atoms with Crippen LogP contribution in [0.3, 0.4) is 0 Å². The largest absolute Gasteiger partial charge is 0.328 e. The Labute approximate surface area is 205 Å². The third-order valence-electron chi connectivity index (χ3n) is 5.81. The molecule has 10 heteroatoms. The molecule has 2 aromatic carbocycles. The average Bonchev–Trinajstić information content (AvgIpc) is 3.36. The van der Waals surface area contributed by atoms with Crippen LogP contribution in [0, 0.1) is 6.92 Å². The summed E-state index contributed by atoms with van der Waals surface area (Å²) in [6, 6.07) is 16.8. The first-order valence-corrected chi connectivity index (χ1v) is 12.9. The lowest BCUT2D eigenvalue weighted by Crippen LogP contribution is -2.22. The quantitative estimate of drug-likeness (QED) is 0.384. The molecule has 0 aliphatic heterocycles. The highest BCUT2D eigenvalue weighted by Gasteiger charge is 2.20. The summed E-state index contributed by atoms with van der Waals surface area (Å²) in [6.07, 6.45) is 0.664. The van der Waals surface area contributed by atoms with Crippen molar-refractivity contribution in [3.05, 3.63) is 71.7 Å². The molecule has 0 saturated carbocycles. The molecule has 0 aliphatic rings. The van der Waals surface area contributed by atoms with E-state index in [1.165, 1.54) is 18.4 Å². The van der Waals surface area contributed by atoms with Crippen LogP contribution in [0.5, 0.6) is 0 Å². The third-order valence-corrected chi connectivity index (χ3v) is 7.63. The highest BCUT2D eigenvalue weighted by molar-refractivity contribution is 7.89. The number of anilines is 1. The maximum atomic E-state index is 12.8. The smallest absolute Gasteiger partial charge is 0.242 e. The summed E-state index contributed by atoms with van der Waals surface area (Å²) in [5, 5.41) is 7.48. The highest BCUT2D eigenvalue weighted by Crippen LogP contribution is 2.23. The SMILES string of the molecule is CCn1c(CCC(=O)Nc2cc(C)nn2Cc2ccccc2)nc2cc(S(=O)(=O)N(C)C)ccc21. The van der Waals surface area contributed by atoms with Crippen LogP contribution in [0.2, 0.25) is 0 Å². The lowest BCUT2D eigenvalue weighted by molar-refractivity contribution is -0.116. The summed E-state index contributed by atoms with van der Waals surface area (Å²) in [5.74, 6) is 1.26. The summed E-state index contributed by atoms with van der Waals surface area (Å²) in [6.45, 7) is 5.12. The van der Waals surface area contributed by atoms with E-state index in [9.17, 15) is 13.2 Å². The summed E-state index contributed by atoms with van der Waals surface area (Å²) >= 11 is 0. The maximum absolute atomic E-state index is 12.8. The Bertz CT molecular complexity index is 1460. The van der Waals surface area contributed by atoms with Gasteiger partial charge in [0, 0.05) is 39.5 Å². The summed E-state index contributed by atoms with van der Waals surface area (Å²) in [7, 11) is -0.549. The number of fused-ring (bicyclic) bond motifs is 1. The van der Waals surface area contributed by atoms with Crippen molar-refractivity contribution in [2.24, 2.45) is 0 Å². The van der Waals surface area contributed by atoms with Gasteiger partial charge in [-0.2, -0.15) is 5.10 Å². The molecule has 0 fully saturated rings. The predicted molar refractivity (Wildman–Crippen MR) is 136 cm³/mol. The van der Waals surface area contributed by atoms with E-state index < -0.39 is 10.0 Å². The molecule has 1 N–H and O–H groups in total. The number of rotatable bonds is 9. The van der Waals surface area contributed by atoms with E-state index in [1.54, 1.807) is 22.9 Å². The van der Waals surface area contributed by atoms with Crippen LogP contribution < -0.4 is 5.32 Å². The van der Waals surface area contributed by atoms with Crippen molar-refractivity contribution in [3.8, 4) is 0 Å². The van der Waals surface area contributed by atoms with Gasteiger partial charge in [0.25, 0.3) is 0 Å². The Morgan fingerprint density at radius 3 is 2.51 bits per heavy atom. The van der Waals surface area contributed by atoms with Gasteiger partial charge in [-0.3, -0.25) is 4.79 Å². The van der Waals surface area contributed by atoms with Gasteiger partial charge in [-0.05, 0) is 37.6 Å². The molecule has 4 rings (SSSR count).